The van der Waals surface area contributed by atoms with Crippen LogP contribution in [-0.2, 0) is 10.5 Å². The normalized spacial score (nSPS) is 14.7. The second kappa shape index (κ2) is 10.2. The molecule has 0 bridgehead atoms. The van der Waals surface area contributed by atoms with Gasteiger partial charge in [0.1, 0.15) is 17.6 Å². The van der Waals surface area contributed by atoms with E-state index in [-0.39, 0.29) is 11.7 Å². The Morgan fingerprint density at radius 1 is 1.08 bits per heavy atom. The van der Waals surface area contributed by atoms with E-state index in [1.807, 2.05) is 25.1 Å². The Balaban J connectivity index is 1.47. The summed E-state index contributed by atoms with van der Waals surface area (Å²) in [4.78, 5) is 18.2. The van der Waals surface area contributed by atoms with Crippen molar-refractivity contribution in [2.24, 2.45) is 0 Å². The number of carbonyl (C=O) groups is 1. The zero-order valence-corrected chi connectivity index (χ0v) is 20.6. The molecule has 2 N–H and O–H groups in total. The molecule has 4 aromatic rings. The summed E-state index contributed by atoms with van der Waals surface area (Å²) < 4.78 is 20.6. The van der Waals surface area contributed by atoms with Crippen LogP contribution >= 0.6 is 11.8 Å². The van der Waals surface area contributed by atoms with Gasteiger partial charge in [0.05, 0.1) is 12.7 Å². The molecule has 2 heterocycles. The Morgan fingerprint density at radius 2 is 1.81 bits per heavy atom. The number of carbonyl (C=O) groups excluding carboxylic acids is 1. The lowest BCUT2D eigenvalue weighted by Gasteiger charge is -2.28. The lowest BCUT2D eigenvalue weighted by Crippen LogP contribution is -2.31. The number of methoxy groups -OCH3 is 1. The molecule has 5 rings (SSSR count). The number of hydrogen-bond donors (Lipinski definition) is 2. The van der Waals surface area contributed by atoms with Gasteiger partial charge in [-0.05, 0) is 54.4 Å². The third kappa shape index (κ3) is 4.96. The first-order valence-corrected chi connectivity index (χ1v) is 12.3. The van der Waals surface area contributed by atoms with Crippen LogP contribution in [0.25, 0.3) is 0 Å². The van der Waals surface area contributed by atoms with Gasteiger partial charge in [0, 0.05) is 17.1 Å². The van der Waals surface area contributed by atoms with Gasteiger partial charge in [0.15, 0.2) is 0 Å². The van der Waals surface area contributed by atoms with Gasteiger partial charge >= 0.3 is 0 Å². The highest BCUT2D eigenvalue weighted by atomic mass is 32.2. The third-order valence-electron chi connectivity index (χ3n) is 5.82. The molecule has 36 heavy (non-hydrogen) atoms. The second-order valence-electron chi connectivity index (χ2n) is 8.24. The van der Waals surface area contributed by atoms with Crippen molar-refractivity contribution in [3.63, 3.8) is 0 Å². The van der Waals surface area contributed by atoms with Crippen LogP contribution in [0.3, 0.4) is 0 Å². The molecular formula is C27H24FN5O2S. The maximum Gasteiger partial charge on any atom is 0.255 e. The molecule has 0 radical (unpaired) electrons. The monoisotopic (exact) mass is 501 g/mol. The van der Waals surface area contributed by atoms with Gasteiger partial charge in [0.25, 0.3) is 5.91 Å². The fourth-order valence-electron chi connectivity index (χ4n) is 4.03. The van der Waals surface area contributed by atoms with E-state index in [0.29, 0.717) is 39.6 Å². The Morgan fingerprint density at radius 3 is 2.50 bits per heavy atom. The molecular weight excluding hydrogens is 477 g/mol. The number of fused-ring (bicyclic) bond motifs is 1. The number of aromatic nitrogens is 3. The highest BCUT2D eigenvalue weighted by Gasteiger charge is 2.34. The number of nitrogens with zero attached hydrogens (tertiary/aromatic N) is 3. The third-order valence-corrected chi connectivity index (χ3v) is 6.73. The molecule has 9 heteroatoms. The van der Waals surface area contributed by atoms with Crippen molar-refractivity contribution in [3.05, 3.63) is 107 Å². The first-order chi connectivity index (χ1) is 17.5. The number of ether oxygens (including phenoxy) is 1. The quantitative estimate of drug-likeness (QED) is 0.319. The number of benzene rings is 3. The van der Waals surface area contributed by atoms with Gasteiger partial charge in [-0.2, -0.15) is 4.98 Å². The summed E-state index contributed by atoms with van der Waals surface area (Å²) >= 11 is 1.51. The molecule has 182 valence electrons. The van der Waals surface area contributed by atoms with Crippen LogP contribution in [0.4, 0.5) is 16.0 Å². The van der Waals surface area contributed by atoms with Gasteiger partial charge in [-0.25, -0.2) is 9.07 Å². The van der Waals surface area contributed by atoms with E-state index >= 15 is 0 Å². The number of amides is 1. The summed E-state index contributed by atoms with van der Waals surface area (Å²) in [7, 11) is 1.59. The lowest BCUT2D eigenvalue weighted by molar-refractivity contribution is -0.113. The molecule has 1 aliphatic heterocycles. The SMILES string of the molecule is COc1ccc(NC(=O)C2=C(C)Nc3nc(SCc4ccccc4)nn3C2c2ccc(F)cc2)cc1. The first-order valence-electron chi connectivity index (χ1n) is 11.3. The maximum absolute atomic E-state index is 13.7. The van der Waals surface area contributed by atoms with E-state index in [1.165, 1.54) is 23.9 Å². The molecule has 0 fully saturated rings. The minimum Gasteiger partial charge on any atom is -0.497 e. The minimum absolute atomic E-state index is 0.292. The van der Waals surface area contributed by atoms with Crippen LogP contribution in [0, 0.1) is 5.82 Å². The van der Waals surface area contributed by atoms with E-state index in [9.17, 15) is 9.18 Å². The molecule has 7 nitrogen and oxygen atoms in total. The van der Waals surface area contributed by atoms with Gasteiger partial charge in [-0.1, -0.05) is 54.2 Å². The van der Waals surface area contributed by atoms with Crippen molar-refractivity contribution in [2.75, 3.05) is 17.7 Å². The Bertz CT molecular complexity index is 1400. The number of allylic oxidation sites excluding steroid dienone is 1. The topological polar surface area (TPSA) is 81.1 Å². The van der Waals surface area contributed by atoms with Crippen LogP contribution in [0.5, 0.6) is 5.75 Å². The van der Waals surface area contributed by atoms with E-state index in [0.717, 1.165) is 11.1 Å². The van der Waals surface area contributed by atoms with Crippen molar-refractivity contribution in [1.29, 1.82) is 0 Å². The molecule has 0 aliphatic carbocycles. The molecule has 1 atom stereocenters. The highest BCUT2D eigenvalue weighted by molar-refractivity contribution is 7.98. The van der Waals surface area contributed by atoms with Gasteiger partial charge in [-0.15, -0.1) is 5.10 Å². The fraction of sp³-hybridized carbons (Fsp3) is 0.148. The van der Waals surface area contributed by atoms with Crippen LogP contribution in [-0.4, -0.2) is 27.8 Å². The van der Waals surface area contributed by atoms with Crippen LogP contribution in [0.1, 0.15) is 24.1 Å². The Kier molecular flexibility index (Phi) is 6.73. The van der Waals surface area contributed by atoms with Crippen LogP contribution in [0.2, 0.25) is 0 Å². The van der Waals surface area contributed by atoms with Crippen molar-refractivity contribution >= 4 is 29.3 Å². The van der Waals surface area contributed by atoms with E-state index in [1.54, 1.807) is 48.2 Å². The summed E-state index contributed by atoms with van der Waals surface area (Å²) in [5.41, 5.74) is 3.63. The Hall–Kier alpha value is -4.11. The van der Waals surface area contributed by atoms with E-state index in [2.05, 4.69) is 27.8 Å². The first kappa shape index (κ1) is 23.6. The Labute approximate surface area is 212 Å². The summed E-state index contributed by atoms with van der Waals surface area (Å²) in [5, 5.41) is 11.5. The van der Waals surface area contributed by atoms with Crippen molar-refractivity contribution in [1.82, 2.24) is 14.8 Å². The van der Waals surface area contributed by atoms with Crippen molar-refractivity contribution < 1.29 is 13.9 Å². The molecule has 0 spiro atoms. The lowest BCUT2D eigenvalue weighted by atomic mass is 9.95. The molecule has 1 aromatic heterocycles. The predicted molar refractivity (Wildman–Crippen MR) is 139 cm³/mol. The second-order valence-corrected chi connectivity index (χ2v) is 9.18. The maximum atomic E-state index is 13.7. The molecule has 0 saturated heterocycles. The van der Waals surface area contributed by atoms with Crippen molar-refractivity contribution in [3.8, 4) is 5.75 Å². The predicted octanol–water partition coefficient (Wildman–Crippen LogP) is 5.65. The average molecular weight is 502 g/mol. The van der Waals surface area contributed by atoms with E-state index < -0.39 is 6.04 Å². The molecule has 1 unspecified atom stereocenters. The van der Waals surface area contributed by atoms with Gasteiger partial charge < -0.3 is 15.4 Å². The highest BCUT2D eigenvalue weighted by Crippen LogP contribution is 2.37. The molecule has 0 saturated carbocycles. The standard InChI is InChI=1S/C27H24FN5O2S/c1-17-23(25(34)30-21-12-14-22(35-2)15-13-21)24(19-8-10-20(28)11-9-19)33-26(29-17)31-27(32-33)36-16-18-6-4-3-5-7-18/h3-15,24H,16H2,1-2H3,(H,30,34)(H,29,31,32). The fourth-order valence-corrected chi connectivity index (χ4v) is 4.82. The zero-order chi connectivity index (χ0) is 25.1. The molecule has 3 aromatic carbocycles. The van der Waals surface area contributed by atoms with Gasteiger partial charge in [0.2, 0.25) is 11.1 Å². The van der Waals surface area contributed by atoms with Crippen LogP contribution in [0.15, 0.2) is 95.3 Å². The zero-order valence-electron chi connectivity index (χ0n) is 19.7. The van der Waals surface area contributed by atoms with Crippen molar-refractivity contribution in [2.45, 2.75) is 23.9 Å². The summed E-state index contributed by atoms with van der Waals surface area (Å²) in [5.74, 6) is 1.29. The smallest absolute Gasteiger partial charge is 0.255 e. The van der Waals surface area contributed by atoms with Gasteiger partial charge in [-0.3, -0.25) is 4.79 Å². The van der Waals surface area contributed by atoms with Crippen LogP contribution < -0.4 is 15.4 Å². The number of rotatable bonds is 7. The number of hydrogen-bond acceptors (Lipinski definition) is 6. The van der Waals surface area contributed by atoms with E-state index in [4.69, 9.17) is 9.84 Å². The summed E-state index contributed by atoms with van der Waals surface area (Å²) in [6.45, 7) is 1.83. The summed E-state index contributed by atoms with van der Waals surface area (Å²) in [6, 6.07) is 22.7. The molecule has 1 aliphatic rings. The number of thioether (sulfide) groups is 1. The average Bonchev–Trinajstić information content (AvgIpc) is 3.30. The summed E-state index contributed by atoms with van der Waals surface area (Å²) in [6.07, 6.45) is 0. The number of nitrogens with one attached hydrogen (secondary N) is 2. The largest absolute Gasteiger partial charge is 0.497 e. The minimum atomic E-state index is -0.585. The number of anilines is 2. The molecule has 1 amide bonds. The number of halogens is 1.